The first kappa shape index (κ1) is 13.8. The van der Waals surface area contributed by atoms with Crippen LogP contribution in [0.15, 0.2) is 24.3 Å². The Kier molecular flexibility index (Phi) is 4.53. The lowest BCUT2D eigenvalue weighted by Crippen LogP contribution is -2.25. The van der Waals surface area contributed by atoms with Crippen LogP contribution in [0.5, 0.6) is 0 Å². The molecule has 1 atom stereocenters. The van der Waals surface area contributed by atoms with Gasteiger partial charge in [0.05, 0.1) is 10.5 Å². The van der Waals surface area contributed by atoms with Gasteiger partial charge in [-0.15, -0.1) is 0 Å². The third kappa shape index (κ3) is 3.38. The number of aldehydes is 1. The third-order valence-corrected chi connectivity index (χ3v) is 2.35. The van der Waals surface area contributed by atoms with E-state index in [1.54, 1.807) is 13.8 Å². The Labute approximate surface area is 104 Å². The molecular formula is C12H13NO5. The largest absolute Gasteiger partial charge is 0.451 e. The van der Waals surface area contributed by atoms with Gasteiger partial charge in [-0.05, 0) is 18.1 Å². The maximum Gasteiger partial charge on any atom is 0.338 e. The van der Waals surface area contributed by atoms with E-state index in [4.69, 9.17) is 4.74 Å². The van der Waals surface area contributed by atoms with Crippen LogP contribution < -0.4 is 0 Å². The van der Waals surface area contributed by atoms with E-state index >= 15 is 0 Å². The second-order valence-corrected chi connectivity index (χ2v) is 4.05. The zero-order valence-electron chi connectivity index (χ0n) is 10.0. The van der Waals surface area contributed by atoms with E-state index in [-0.39, 0.29) is 17.2 Å². The third-order valence-electron chi connectivity index (χ3n) is 2.35. The highest BCUT2D eigenvalue weighted by atomic mass is 16.6. The zero-order chi connectivity index (χ0) is 13.7. The Morgan fingerprint density at radius 1 is 1.33 bits per heavy atom. The Hall–Kier alpha value is -2.24. The molecule has 0 amide bonds. The van der Waals surface area contributed by atoms with Gasteiger partial charge >= 0.3 is 5.97 Å². The Balaban J connectivity index is 2.78. The SMILES string of the molecule is CC(C)[C@@H](C=O)OC(=O)c1ccc([N+](=O)[O-])cc1. The monoisotopic (exact) mass is 251 g/mol. The highest BCUT2D eigenvalue weighted by molar-refractivity contribution is 5.90. The summed E-state index contributed by atoms with van der Waals surface area (Å²) in [5, 5.41) is 10.4. The van der Waals surface area contributed by atoms with Crippen LogP contribution in [-0.2, 0) is 9.53 Å². The quantitative estimate of drug-likeness (QED) is 0.345. The van der Waals surface area contributed by atoms with Crippen LogP contribution >= 0.6 is 0 Å². The number of nitro groups is 1. The van der Waals surface area contributed by atoms with Crippen LogP contribution in [0, 0.1) is 16.0 Å². The molecule has 0 heterocycles. The molecule has 6 nitrogen and oxygen atoms in total. The van der Waals surface area contributed by atoms with Gasteiger partial charge in [0.1, 0.15) is 0 Å². The predicted octanol–water partition coefficient (Wildman–Crippen LogP) is 1.98. The van der Waals surface area contributed by atoms with Crippen LogP contribution in [0.25, 0.3) is 0 Å². The van der Waals surface area contributed by atoms with E-state index in [0.29, 0.717) is 6.29 Å². The fraction of sp³-hybridized carbons (Fsp3) is 0.333. The number of hydrogen-bond acceptors (Lipinski definition) is 5. The molecule has 1 aromatic rings. The molecule has 1 rings (SSSR count). The van der Waals surface area contributed by atoms with Crippen molar-refractivity contribution in [3.63, 3.8) is 0 Å². The van der Waals surface area contributed by atoms with Gasteiger partial charge in [-0.2, -0.15) is 0 Å². The minimum absolute atomic E-state index is 0.109. The van der Waals surface area contributed by atoms with E-state index < -0.39 is 17.0 Å². The lowest BCUT2D eigenvalue weighted by atomic mass is 10.1. The highest BCUT2D eigenvalue weighted by Gasteiger charge is 2.19. The van der Waals surface area contributed by atoms with Crippen LogP contribution in [0.2, 0.25) is 0 Å². The average Bonchev–Trinajstić information content (AvgIpc) is 2.35. The van der Waals surface area contributed by atoms with Crippen molar-refractivity contribution in [1.29, 1.82) is 0 Å². The fourth-order valence-electron chi connectivity index (χ4n) is 1.23. The number of esters is 1. The number of rotatable bonds is 5. The molecule has 0 saturated heterocycles. The number of non-ortho nitro benzene ring substituents is 1. The smallest absolute Gasteiger partial charge is 0.338 e. The van der Waals surface area contributed by atoms with E-state index in [1.807, 2.05) is 0 Å². The molecule has 0 aliphatic rings. The van der Waals surface area contributed by atoms with Crippen molar-refractivity contribution in [1.82, 2.24) is 0 Å². The molecule has 0 aliphatic carbocycles. The number of carbonyl (C=O) groups excluding carboxylic acids is 2. The Morgan fingerprint density at radius 3 is 2.28 bits per heavy atom. The summed E-state index contributed by atoms with van der Waals surface area (Å²) in [6.07, 6.45) is -0.249. The lowest BCUT2D eigenvalue weighted by Gasteiger charge is -2.15. The van der Waals surface area contributed by atoms with Crippen LogP contribution in [-0.4, -0.2) is 23.3 Å². The Morgan fingerprint density at radius 2 is 1.89 bits per heavy atom. The van der Waals surface area contributed by atoms with Crippen molar-refractivity contribution in [2.24, 2.45) is 5.92 Å². The van der Waals surface area contributed by atoms with Gasteiger partial charge in [0.25, 0.3) is 5.69 Å². The van der Waals surface area contributed by atoms with Crippen LogP contribution in [0.4, 0.5) is 5.69 Å². The topological polar surface area (TPSA) is 86.5 Å². The number of ether oxygens (including phenoxy) is 1. The molecule has 0 N–H and O–H groups in total. The molecule has 18 heavy (non-hydrogen) atoms. The van der Waals surface area contributed by atoms with Gasteiger partial charge in [-0.3, -0.25) is 14.9 Å². The average molecular weight is 251 g/mol. The molecule has 1 aromatic carbocycles. The maximum absolute atomic E-state index is 11.6. The fourth-order valence-corrected chi connectivity index (χ4v) is 1.23. The lowest BCUT2D eigenvalue weighted by molar-refractivity contribution is -0.384. The number of carbonyl (C=O) groups is 2. The van der Waals surface area contributed by atoms with Gasteiger partial charge in [-0.25, -0.2) is 4.79 Å². The van der Waals surface area contributed by atoms with E-state index in [1.165, 1.54) is 24.3 Å². The molecule has 0 aliphatic heterocycles. The van der Waals surface area contributed by atoms with E-state index in [2.05, 4.69) is 0 Å². The molecule has 0 bridgehead atoms. The van der Waals surface area contributed by atoms with E-state index in [9.17, 15) is 19.7 Å². The van der Waals surface area contributed by atoms with Crippen molar-refractivity contribution in [2.75, 3.05) is 0 Å². The first-order valence-corrected chi connectivity index (χ1v) is 5.36. The summed E-state index contributed by atoms with van der Waals surface area (Å²) >= 11 is 0. The van der Waals surface area contributed by atoms with Crippen molar-refractivity contribution in [2.45, 2.75) is 20.0 Å². The van der Waals surface area contributed by atoms with E-state index in [0.717, 1.165) is 0 Å². The first-order valence-electron chi connectivity index (χ1n) is 5.36. The van der Waals surface area contributed by atoms with Gasteiger partial charge in [0.15, 0.2) is 12.4 Å². The van der Waals surface area contributed by atoms with Crippen molar-refractivity contribution in [3.05, 3.63) is 39.9 Å². The van der Waals surface area contributed by atoms with Crippen molar-refractivity contribution < 1.29 is 19.2 Å². The van der Waals surface area contributed by atoms with Gasteiger partial charge in [-0.1, -0.05) is 13.8 Å². The molecule has 0 fully saturated rings. The summed E-state index contributed by atoms with van der Waals surface area (Å²) in [5.74, 6) is -0.791. The van der Waals surface area contributed by atoms with Crippen LogP contribution in [0.1, 0.15) is 24.2 Å². The summed E-state index contributed by atoms with van der Waals surface area (Å²) in [6, 6.07) is 5.01. The normalized spacial score (nSPS) is 11.9. The standard InChI is InChI=1S/C12H13NO5/c1-8(2)11(7-14)18-12(15)9-3-5-10(6-4-9)13(16)17/h3-8,11H,1-2H3/t11-/m1/s1. The molecule has 96 valence electrons. The minimum atomic E-state index is -0.812. The number of nitrogens with zero attached hydrogens (tertiary/aromatic N) is 1. The predicted molar refractivity (Wildman–Crippen MR) is 63.2 cm³/mol. The Bertz CT molecular complexity index is 452. The zero-order valence-corrected chi connectivity index (χ0v) is 10.0. The molecule has 6 heteroatoms. The molecule has 0 saturated carbocycles. The minimum Gasteiger partial charge on any atom is -0.451 e. The maximum atomic E-state index is 11.6. The van der Waals surface area contributed by atoms with Gasteiger partial charge in [0, 0.05) is 12.1 Å². The molecule has 0 unspecified atom stereocenters. The molecular weight excluding hydrogens is 238 g/mol. The number of nitro benzene ring substituents is 1. The number of hydrogen-bond donors (Lipinski definition) is 0. The van der Waals surface area contributed by atoms with Crippen molar-refractivity contribution >= 4 is 17.9 Å². The van der Waals surface area contributed by atoms with Gasteiger partial charge < -0.3 is 4.74 Å². The van der Waals surface area contributed by atoms with Crippen LogP contribution in [0.3, 0.4) is 0 Å². The van der Waals surface area contributed by atoms with Gasteiger partial charge in [0.2, 0.25) is 0 Å². The molecule has 0 radical (unpaired) electrons. The summed E-state index contributed by atoms with van der Waals surface area (Å²) in [6.45, 7) is 3.50. The summed E-state index contributed by atoms with van der Waals surface area (Å²) in [5.41, 5.74) is 0.0652. The number of benzene rings is 1. The summed E-state index contributed by atoms with van der Waals surface area (Å²) in [4.78, 5) is 32.2. The highest BCUT2D eigenvalue weighted by Crippen LogP contribution is 2.14. The second-order valence-electron chi connectivity index (χ2n) is 4.05. The molecule has 0 spiro atoms. The summed E-state index contributed by atoms with van der Waals surface area (Å²) < 4.78 is 4.97. The first-order chi connectivity index (χ1) is 8.45. The second kappa shape index (κ2) is 5.90. The molecule has 0 aromatic heterocycles. The van der Waals surface area contributed by atoms with Crippen molar-refractivity contribution in [3.8, 4) is 0 Å². The summed E-state index contributed by atoms with van der Waals surface area (Å²) in [7, 11) is 0.